The number of nitrogens with one attached hydrogen (secondary N) is 2. The third-order valence-electron chi connectivity index (χ3n) is 3.59. The van der Waals surface area contributed by atoms with E-state index in [4.69, 9.17) is 4.74 Å². The number of benzene rings is 2. The van der Waals surface area contributed by atoms with Gasteiger partial charge in [0.15, 0.2) is 0 Å². The Bertz CT molecular complexity index is 797. The lowest BCUT2D eigenvalue weighted by molar-refractivity contribution is -0.384. The van der Waals surface area contributed by atoms with Gasteiger partial charge in [0.05, 0.1) is 12.0 Å². The normalized spacial score (nSPS) is 11.1. The lowest BCUT2D eigenvalue weighted by Gasteiger charge is -2.17. The first-order valence-electron chi connectivity index (χ1n) is 8.03. The Balaban J connectivity index is 1.96. The molecule has 2 rings (SSSR count). The van der Waals surface area contributed by atoms with Gasteiger partial charge in [-0.1, -0.05) is 42.5 Å². The van der Waals surface area contributed by atoms with Crippen LogP contribution in [-0.2, 0) is 20.9 Å². The Morgan fingerprint density at radius 2 is 1.78 bits per heavy atom. The van der Waals surface area contributed by atoms with E-state index in [2.05, 4.69) is 15.4 Å². The van der Waals surface area contributed by atoms with Crippen molar-refractivity contribution in [3.63, 3.8) is 0 Å². The molecule has 0 fully saturated rings. The van der Waals surface area contributed by atoms with Crippen LogP contribution in [0.25, 0.3) is 0 Å². The second-order valence-electron chi connectivity index (χ2n) is 5.44. The Morgan fingerprint density at radius 1 is 1.11 bits per heavy atom. The zero-order valence-corrected chi connectivity index (χ0v) is 14.6. The van der Waals surface area contributed by atoms with Crippen molar-refractivity contribution in [1.82, 2.24) is 5.32 Å². The summed E-state index contributed by atoms with van der Waals surface area (Å²) in [5.41, 5.74) is 0.865. The van der Waals surface area contributed by atoms with Gasteiger partial charge < -0.3 is 20.1 Å². The molecular formula is C18H19N3O6. The van der Waals surface area contributed by atoms with Crippen LogP contribution in [0, 0.1) is 10.1 Å². The number of carbonyl (C=O) groups excluding carboxylic acids is 2. The van der Waals surface area contributed by atoms with E-state index in [0.717, 1.165) is 5.56 Å². The number of rotatable bonds is 8. The fourth-order valence-electron chi connectivity index (χ4n) is 2.24. The van der Waals surface area contributed by atoms with Crippen molar-refractivity contribution in [2.75, 3.05) is 19.0 Å². The van der Waals surface area contributed by atoms with E-state index in [1.54, 1.807) is 18.2 Å². The van der Waals surface area contributed by atoms with Crippen LogP contribution in [0.1, 0.15) is 5.56 Å². The topological polar surface area (TPSA) is 120 Å². The SMILES string of the molecule is COC(=O)[C@H](CNc1ccccc1[N+](=O)[O-])NC(=O)OCc1ccccc1. The molecule has 0 bridgehead atoms. The second kappa shape index (κ2) is 9.76. The number of carbonyl (C=O) groups is 2. The summed E-state index contributed by atoms with van der Waals surface area (Å²) < 4.78 is 9.73. The van der Waals surface area contributed by atoms with Gasteiger partial charge in [-0.05, 0) is 11.6 Å². The summed E-state index contributed by atoms with van der Waals surface area (Å²) in [6, 6.07) is 13.9. The number of alkyl carbamates (subject to hydrolysis) is 1. The highest BCUT2D eigenvalue weighted by Crippen LogP contribution is 2.22. The minimum atomic E-state index is -1.09. The van der Waals surface area contributed by atoms with Crippen LogP contribution in [0.5, 0.6) is 0 Å². The van der Waals surface area contributed by atoms with Gasteiger partial charge in [0.2, 0.25) is 0 Å². The number of nitro benzene ring substituents is 1. The number of esters is 1. The molecular weight excluding hydrogens is 354 g/mol. The molecule has 2 N–H and O–H groups in total. The highest BCUT2D eigenvalue weighted by molar-refractivity contribution is 5.82. The van der Waals surface area contributed by atoms with Gasteiger partial charge >= 0.3 is 12.1 Å². The van der Waals surface area contributed by atoms with E-state index in [1.807, 2.05) is 18.2 Å². The minimum Gasteiger partial charge on any atom is -0.467 e. The molecule has 0 aliphatic carbocycles. The molecule has 27 heavy (non-hydrogen) atoms. The molecule has 0 aliphatic heterocycles. The van der Waals surface area contributed by atoms with Crippen LogP contribution in [0.15, 0.2) is 54.6 Å². The largest absolute Gasteiger partial charge is 0.467 e. The summed E-state index contributed by atoms with van der Waals surface area (Å²) in [6.07, 6.45) is -0.807. The van der Waals surface area contributed by atoms with Crippen molar-refractivity contribution in [2.24, 2.45) is 0 Å². The maximum Gasteiger partial charge on any atom is 0.408 e. The van der Waals surface area contributed by atoms with Gasteiger partial charge in [0, 0.05) is 12.6 Å². The molecule has 1 atom stereocenters. The third kappa shape index (κ3) is 5.99. The number of nitrogens with zero attached hydrogens (tertiary/aromatic N) is 1. The zero-order chi connectivity index (χ0) is 19.6. The summed E-state index contributed by atoms with van der Waals surface area (Å²) >= 11 is 0. The van der Waals surface area contributed by atoms with Gasteiger partial charge in [-0.15, -0.1) is 0 Å². The number of nitro groups is 1. The predicted molar refractivity (Wildman–Crippen MR) is 97.2 cm³/mol. The van der Waals surface area contributed by atoms with Crippen LogP contribution in [0.2, 0.25) is 0 Å². The molecule has 0 radical (unpaired) electrons. The summed E-state index contributed by atoms with van der Waals surface area (Å²) in [6.45, 7) is -0.0733. The molecule has 0 aromatic heterocycles. The maximum absolute atomic E-state index is 12.0. The number of hydrogen-bond donors (Lipinski definition) is 2. The van der Waals surface area contributed by atoms with Gasteiger partial charge in [-0.25, -0.2) is 9.59 Å². The Kier molecular flexibility index (Phi) is 7.12. The summed E-state index contributed by atoms with van der Waals surface area (Å²) in [4.78, 5) is 34.3. The van der Waals surface area contributed by atoms with Gasteiger partial charge in [0.25, 0.3) is 5.69 Å². The Morgan fingerprint density at radius 3 is 2.44 bits per heavy atom. The third-order valence-corrected chi connectivity index (χ3v) is 3.59. The first kappa shape index (κ1) is 19.7. The molecule has 0 saturated carbocycles. The van der Waals surface area contributed by atoms with Crippen LogP contribution >= 0.6 is 0 Å². The summed E-state index contributed by atoms with van der Waals surface area (Å²) in [5.74, 6) is -0.710. The molecule has 0 heterocycles. The Hall–Kier alpha value is -3.62. The zero-order valence-electron chi connectivity index (χ0n) is 14.6. The summed E-state index contributed by atoms with van der Waals surface area (Å²) in [7, 11) is 1.18. The van der Waals surface area contributed by atoms with Gasteiger partial charge in [-0.2, -0.15) is 0 Å². The molecule has 2 aromatic carbocycles. The van der Waals surface area contributed by atoms with E-state index in [1.165, 1.54) is 25.3 Å². The van der Waals surface area contributed by atoms with Crippen LogP contribution in [0.3, 0.4) is 0 Å². The highest BCUT2D eigenvalue weighted by Gasteiger charge is 2.23. The van der Waals surface area contributed by atoms with Crippen LogP contribution in [-0.4, -0.2) is 36.7 Å². The first-order valence-corrected chi connectivity index (χ1v) is 8.03. The van der Waals surface area contributed by atoms with Crippen LogP contribution in [0.4, 0.5) is 16.2 Å². The fourth-order valence-corrected chi connectivity index (χ4v) is 2.24. The quantitative estimate of drug-likeness (QED) is 0.414. The molecule has 2 aromatic rings. The number of para-hydroxylation sites is 2. The molecule has 0 saturated heterocycles. The number of ether oxygens (including phenoxy) is 2. The van der Waals surface area contributed by atoms with Crippen molar-refractivity contribution in [3.05, 3.63) is 70.3 Å². The van der Waals surface area contributed by atoms with Crippen molar-refractivity contribution in [1.29, 1.82) is 0 Å². The Labute approximate surface area is 155 Å². The smallest absolute Gasteiger partial charge is 0.408 e. The molecule has 9 heteroatoms. The average Bonchev–Trinajstić information content (AvgIpc) is 2.69. The lowest BCUT2D eigenvalue weighted by Crippen LogP contribution is -2.46. The van der Waals surface area contributed by atoms with Gasteiger partial charge in [-0.3, -0.25) is 10.1 Å². The van der Waals surface area contributed by atoms with Crippen molar-refractivity contribution in [3.8, 4) is 0 Å². The number of amides is 1. The van der Waals surface area contributed by atoms with Gasteiger partial charge in [0.1, 0.15) is 18.3 Å². The monoisotopic (exact) mass is 373 g/mol. The number of hydrogen-bond acceptors (Lipinski definition) is 7. The molecule has 9 nitrogen and oxygen atoms in total. The minimum absolute atomic E-state index is 0.0398. The molecule has 1 amide bonds. The highest BCUT2D eigenvalue weighted by atomic mass is 16.6. The fraction of sp³-hybridized carbons (Fsp3) is 0.222. The van der Waals surface area contributed by atoms with E-state index in [-0.39, 0.29) is 24.5 Å². The van der Waals surface area contributed by atoms with E-state index in [9.17, 15) is 19.7 Å². The maximum atomic E-state index is 12.0. The predicted octanol–water partition coefficient (Wildman–Crippen LogP) is 2.47. The summed E-state index contributed by atoms with van der Waals surface area (Å²) in [5, 5.41) is 16.2. The first-order chi connectivity index (χ1) is 13.0. The average molecular weight is 373 g/mol. The van der Waals surface area contributed by atoms with E-state index >= 15 is 0 Å². The molecule has 0 unspecified atom stereocenters. The number of methoxy groups -OCH3 is 1. The molecule has 0 spiro atoms. The van der Waals surface area contributed by atoms with Crippen LogP contribution < -0.4 is 10.6 Å². The van der Waals surface area contributed by atoms with Crippen molar-refractivity contribution >= 4 is 23.4 Å². The van der Waals surface area contributed by atoms with Crippen molar-refractivity contribution < 1.29 is 24.0 Å². The molecule has 0 aliphatic rings. The number of anilines is 1. The van der Waals surface area contributed by atoms with E-state index in [0.29, 0.717) is 0 Å². The standard InChI is InChI=1S/C18H19N3O6/c1-26-17(22)15(11-19-14-9-5-6-10-16(14)21(24)25)20-18(23)27-12-13-7-3-2-4-8-13/h2-10,15,19H,11-12H2,1H3,(H,20,23)/t15-/m0/s1. The second-order valence-corrected chi connectivity index (χ2v) is 5.44. The van der Waals surface area contributed by atoms with Crippen molar-refractivity contribution in [2.45, 2.75) is 12.6 Å². The van der Waals surface area contributed by atoms with E-state index < -0.39 is 23.0 Å². The molecule has 142 valence electrons. The lowest BCUT2D eigenvalue weighted by atomic mass is 10.2.